The number of carbonyl (C=O) groups is 2. The van der Waals surface area contributed by atoms with E-state index in [9.17, 15) is 14.7 Å². The quantitative estimate of drug-likeness (QED) is 0.709. The minimum atomic E-state index is -0.297. The summed E-state index contributed by atoms with van der Waals surface area (Å²) in [5.41, 5.74) is 9.91. The molecule has 158 valence electrons. The van der Waals surface area contributed by atoms with Gasteiger partial charge in [-0.3, -0.25) is 14.5 Å². The maximum atomic E-state index is 12.7. The first-order chi connectivity index (χ1) is 14.5. The first-order valence-electron chi connectivity index (χ1n) is 10.8. The number of phenols is 1. The van der Waals surface area contributed by atoms with Gasteiger partial charge in [-0.25, -0.2) is 0 Å². The van der Waals surface area contributed by atoms with Crippen molar-refractivity contribution in [3.8, 4) is 5.75 Å². The first kappa shape index (κ1) is 20.4. The Morgan fingerprint density at radius 3 is 2.47 bits per heavy atom. The summed E-state index contributed by atoms with van der Waals surface area (Å²) >= 11 is 0. The second-order valence-electron chi connectivity index (χ2n) is 8.47. The van der Waals surface area contributed by atoms with Gasteiger partial charge in [0, 0.05) is 18.8 Å². The number of aromatic hydroxyl groups is 1. The van der Waals surface area contributed by atoms with Gasteiger partial charge in [0.15, 0.2) is 0 Å². The minimum absolute atomic E-state index is 0.0406. The van der Waals surface area contributed by atoms with Crippen LogP contribution in [0.2, 0.25) is 0 Å². The number of benzene rings is 2. The molecule has 1 unspecified atom stereocenters. The van der Waals surface area contributed by atoms with Crippen LogP contribution in [0.15, 0.2) is 36.4 Å². The molecule has 1 fully saturated rings. The first-order valence-corrected chi connectivity index (χ1v) is 10.8. The van der Waals surface area contributed by atoms with E-state index in [1.54, 1.807) is 6.07 Å². The predicted molar refractivity (Wildman–Crippen MR) is 116 cm³/mol. The molecule has 0 radical (unpaired) electrons. The highest BCUT2D eigenvalue weighted by molar-refractivity contribution is 6.06. The number of nitrogens with one attached hydrogen (secondary N) is 1. The molecule has 0 spiro atoms. The second kappa shape index (κ2) is 8.88. The molecular weight excluding hydrogens is 378 g/mol. The molecular formula is C24H29N3O3. The third-order valence-electron chi connectivity index (χ3n) is 6.23. The van der Waals surface area contributed by atoms with Gasteiger partial charge in [0.2, 0.25) is 5.91 Å². The molecule has 0 saturated carbocycles. The molecule has 30 heavy (non-hydrogen) atoms. The Kier molecular flexibility index (Phi) is 6.04. The highest BCUT2D eigenvalue weighted by Gasteiger charge is 2.24. The molecule has 6 heteroatoms. The Bertz CT molecular complexity index is 939. The van der Waals surface area contributed by atoms with Gasteiger partial charge in [-0.15, -0.1) is 0 Å². The maximum absolute atomic E-state index is 12.7. The van der Waals surface area contributed by atoms with E-state index in [0.717, 1.165) is 68.3 Å². The van der Waals surface area contributed by atoms with Gasteiger partial charge in [-0.2, -0.15) is 0 Å². The molecule has 1 aliphatic carbocycles. The average Bonchev–Trinajstić information content (AvgIpc) is 2.74. The molecule has 0 bridgehead atoms. The van der Waals surface area contributed by atoms with E-state index in [-0.39, 0.29) is 23.5 Å². The Morgan fingerprint density at radius 2 is 1.77 bits per heavy atom. The van der Waals surface area contributed by atoms with Crippen LogP contribution in [0.4, 0.5) is 5.69 Å². The Labute approximate surface area is 177 Å². The number of primary amides is 1. The Hall–Kier alpha value is -2.86. The second-order valence-corrected chi connectivity index (χ2v) is 8.47. The van der Waals surface area contributed by atoms with Gasteiger partial charge >= 0.3 is 0 Å². The lowest BCUT2D eigenvalue weighted by Crippen LogP contribution is -2.40. The number of carbonyl (C=O) groups excluding carboxylic acids is 2. The summed E-state index contributed by atoms with van der Waals surface area (Å²) in [6.07, 6.45) is 6.02. The molecule has 2 amide bonds. The van der Waals surface area contributed by atoms with E-state index in [2.05, 4.69) is 10.2 Å². The van der Waals surface area contributed by atoms with Crippen molar-refractivity contribution in [1.29, 1.82) is 0 Å². The van der Waals surface area contributed by atoms with Crippen LogP contribution in [0.5, 0.6) is 5.75 Å². The summed E-state index contributed by atoms with van der Waals surface area (Å²) in [5, 5.41) is 13.2. The highest BCUT2D eigenvalue weighted by atomic mass is 16.3. The summed E-state index contributed by atoms with van der Waals surface area (Å²) in [5.74, 6) is -0.544. The SMILES string of the molecule is NC(=O)C1CCCN(Cc2ccc(NC(=O)c3cc4c(cc3O)CCCC4)cc2)C1. The van der Waals surface area contributed by atoms with Gasteiger partial charge in [0.25, 0.3) is 5.91 Å². The molecule has 0 aromatic heterocycles. The lowest BCUT2D eigenvalue weighted by molar-refractivity contribution is -0.123. The van der Waals surface area contributed by atoms with E-state index >= 15 is 0 Å². The van der Waals surface area contributed by atoms with Gasteiger partial charge in [-0.05, 0) is 86.0 Å². The molecule has 4 rings (SSSR count). The lowest BCUT2D eigenvalue weighted by Gasteiger charge is -2.31. The zero-order valence-electron chi connectivity index (χ0n) is 17.2. The van der Waals surface area contributed by atoms with Gasteiger partial charge in [0.1, 0.15) is 5.75 Å². The number of aryl methyl sites for hydroxylation is 2. The molecule has 1 saturated heterocycles. The van der Waals surface area contributed by atoms with Crippen LogP contribution in [0, 0.1) is 5.92 Å². The van der Waals surface area contributed by atoms with Crippen LogP contribution >= 0.6 is 0 Å². The predicted octanol–water partition coefficient (Wildman–Crippen LogP) is 3.22. The van der Waals surface area contributed by atoms with Crippen LogP contribution in [-0.2, 0) is 24.2 Å². The van der Waals surface area contributed by atoms with Crippen LogP contribution in [0.3, 0.4) is 0 Å². The summed E-state index contributed by atoms with van der Waals surface area (Å²) < 4.78 is 0. The molecule has 1 atom stereocenters. The molecule has 6 nitrogen and oxygen atoms in total. The fraction of sp³-hybridized carbons (Fsp3) is 0.417. The van der Waals surface area contributed by atoms with Crippen molar-refractivity contribution < 1.29 is 14.7 Å². The fourth-order valence-corrected chi connectivity index (χ4v) is 4.54. The molecule has 2 aromatic rings. The van der Waals surface area contributed by atoms with Gasteiger partial charge < -0.3 is 16.2 Å². The van der Waals surface area contributed by atoms with E-state index < -0.39 is 0 Å². The van der Waals surface area contributed by atoms with Crippen molar-refractivity contribution in [2.75, 3.05) is 18.4 Å². The van der Waals surface area contributed by atoms with Crippen molar-refractivity contribution in [2.24, 2.45) is 11.7 Å². The van der Waals surface area contributed by atoms with Crippen molar-refractivity contribution in [2.45, 2.75) is 45.1 Å². The third kappa shape index (κ3) is 4.65. The number of hydrogen-bond acceptors (Lipinski definition) is 4. The van der Waals surface area contributed by atoms with Crippen LogP contribution < -0.4 is 11.1 Å². The standard InChI is InChI=1S/C24H29N3O3/c25-23(29)19-6-3-11-27(15-19)14-16-7-9-20(10-8-16)26-24(30)21-12-17-4-1-2-5-18(17)13-22(21)28/h7-10,12-13,19,28H,1-6,11,14-15H2,(H2,25,29)(H,26,30). The normalized spacial score (nSPS) is 19.1. The summed E-state index contributed by atoms with van der Waals surface area (Å²) in [6, 6.07) is 11.3. The number of nitrogens with zero attached hydrogens (tertiary/aromatic N) is 1. The molecule has 2 aliphatic rings. The van der Waals surface area contributed by atoms with Gasteiger partial charge in [-0.1, -0.05) is 12.1 Å². The van der Waals surface area contributed by atoms with Crippen molar-refractivity contribution in [3.05, 3.63) is 58.7 Å². The largest absolute Gasteiger partial charge is 0.507 e. The van der Waals surface area contributed by atoms with Gasteiger partial charge in [0.05, 0.1) is 11.5 Å². The minimum Gasteiger partial charge on any atom is -0.507 e. The Balaban J connectivity index is 1.39. The number of piperidine rings is 1. The average molecular weight is 408 g/mol. The number of fused-ring (bicyclic) bond motifs is 1. The number of anilines is 1. The van der Waals surface area contributed by atoms with Crippen molar-refractivity contribution >= 4 is 17.5 Å². The molecule has 1 aliphatic heterocycles. The van der Waals surface area contributed by atoms with Crippen molar-refractivity contribution in [3.63, 3.8) is 0 Å². The molecule has 1 heterocycles. The number of rotatable bonds is 5. The zero-order chi connectivity index (χ0) is 21.1. The fourth-order valence-electron chi connectivity index (χ4n) is 4.54. The molecule has 4 N–H and O–H groups in total. The zero-order valence-corrected chi connectivity index (χ0v) is 17.2. The summed E-state index contributed by atoms with van der Waals surface area (Å²) in [7, 11) is 0. The number of nitrogens with two attached hydrogens (primary N) is 1. The molecule has 2 aromatic carbocycles. The van der Waals surface area contributed by atoms with Crippen LogP contribution in [-0.4, -0.2) is 34.9 Å². The monoisotopic (exact) mass is 407 g/mol. The van der Waals surface area contributed by atoms with E-state index in [4.69, 9.17) is 5.73 Å². The smallest absolute Gasteiger partial charge is 0.259 e. The number of phenolic OH excluding ortho intramolecular Hbond substituents is 1. The number of amides is 2. The maximum Gasteiger partial charge on any atom is 0.259 e. The van der Waals surface area contributed by atoms with Crippen LogP contribution in [0.1, 0.15) is 52.7 Å². The lowest BCUT2D eigenvalue weighted by atomic mass is 9.90. The Morgan fingerprint density at radius 1 is 1.07 bits per heavy atom. The van der Waals surface area contributed by atoms with E-state index in [1.165, 1.54) is 0 Å². The van der Waals surface area contributed by atoms with Crippen molar-refractivity contribution in [1.82, 2.24) is 4.90 Å². The number of likely N-dealkylation sites (tertiary alicyclic amines) is 1. The van der Waals surface area contributed by atoms with Crippen LogP contribution in [0.25, 0.3) is 0 Å². The number of hydrogen-bond donors (Lipinski definition) is 3. The summed E-state index contributed by atoms with van der Waals surface area (Å²) in [6.45, 7) is 2.41. The summed E-state index contributed by atoms with van der Waals surface area (Å²) in [4.78, 5) is 26.4. The van der Waals surface area contributed by atoms with E-state index in [0.29, 0.717) is 17.8 Å². The third-order valence-corrected chi connectivity index (χ3v) is 6.23. The topological polar surface area (TPSA) is 95.7 Å². The highest BCUT2D eigenvalue weighted by Crippen LogP contribution is 2.29. The van der Waals surface area contributed by atoms with E-state index in [1.807, 2.05) is 30.3 Å².